The van der Waals surface area contributed by atoms with Gasteiger partial charge in [0.1, 0.15) is 23.8 Å². The van der Waals surface area contributed by atoms with Gasteiger partial charge in [-0.1, -0.05) is 25.3 Å². The smallest absolute Gasteiger partial charge is 0.307 e. The number of benzene rings is 1. The second-order valence-corrected chi connectivity index (χ2v) is 8.07. The van der Waals surface area contributed by atoms with Crippen LogP contribution in [0.3, 0.4) is 0 Å². The van der Waals surface area contributed by atoms with Crippen LogP contribution in [-0.4, -0.2) is 43.8 Å². The van der Waals surface area contributed by atoms with E-state index in [0.29, 0.717) is 23.1 Å². The predicted octanol–water partition coefficient (Wildman–Crippen LogP) is 3.24. The normalized spacial score (nSPS) is 18.5. The van der Waals surface area contributed by atoms with Crippen molar-refractivity contribution in [2.24, 2.45) is 0 Å². The number of nitrogens with zero attached hydrogens (tertiary/aromatic N) is 4. The van der Waals surface area contributed by atoms with Gasteiger partial charge < -0.3 is 10.1 Å². The van der Waals surface area contributed by atoms with Crippen molar-refractivity contribution in [3.05, 3.63) is 57.5 Å². The maximum absolute atomic E-state index is 13.0. The third-order valence-electron chi connectivity index (χ3n) is 5.63. The van der Waals surface area contributed by atoms with Gasteiger partial charge in [0, 0.05) is 11.6 Å². The molecule has 1 saturated heterocycles. The number of thiocarbonyl (C=S) groups is 1. The first-order valence-corrected chi connectivity index (χ1v) is 10.6. The van der Waals surface area contributed by atoms with Crippen molar-refractivity contribution in [2.75, 3.05) is 7.11 Å². The molecule has 0 atom stereocenters. The standard InChI is InChI=1S/C21H23N5O4S/c1-30-19-8-7-14(9-15(19)12-24-13-17(11-22-24)26(28)29)10-18-20(27)25(21(31)23-18)16-5-3-2-4-6-16/h7-11,13,16H,2-6,12H2,1H3,(H,23,31)/b18-10+. The van der Waals surface area contributed by atoms with Gasteiger partial charge in [0.05, 0.1) is 18.6 Å². The molecular formula is C21H23N5O4S. The molecule has 0 spiro atoms. The van der Waals surface area contributed by atoms with Gasteiger partial charge in [0.25, 0.3) is 5.91 Å². The van der Waals surface area contributed by atoms with E-state index in [4.69, 9.17) is 17.0 Å². The number of rotatable bonds is 6. The lowest BCUT2D eigenvalue weighted by atomic mass is 9.94. The van der Waals surface area contributed by atoms with E-state index in [0.717, 1.165) is 36.8 Å². The van der Waals surface area contributed by atoms with E-state index in [1.807, 2.05) is 12.1 Å². The lowest BCUT2D eigenvalue weighted by Gasteiger charge is -2.29. The number of ether oxygens (including phenoxy) is 1. The van der Waals surface area contributed by atoms with Gasteiger partial charge in [-0.2, -0.15) is 5.10 Å². The average Bonchev–Trinajstić information content (AvgIpc) is 3.33. The van der Waals surface area contributed by atoms with Crippen LogP contribution in [0, 0.1) is 10.1 Å². The third kappa shape index (κ3) is 4.43. The second kappa shape index (κ2) is 8.84. The van der Waals surface area contributed by atoms with Crippen LogP contribution in [0.25, 0.3) is 6.08 Å². The first-order valence-electron chi connectivity index (χ1n) is 10.2. The van der Waals surface area contributed by atoms with E-state index >= 15 is 0 Å². The molecule has 1 aromatic heterocycles. The first kappa shape index (κ1) is 21.0. The number of hydrogen-bond donors (Lipinski definition) is 1. The van der Waals surface area contributed by atoms with Crippen molar-refractivity contribution in [2.45, 2.75) is 44.7 Å². The van der Waals surface area contributed by atoms with Crippen molar-refractivity contribution in [1.82, 2.24) is 20.0 Å². The highest BCUT2D eigenvalue weighted by Crippen LogP contribution is 2.28. The Kier molecular flexibility index (Phi) is 5.99. The SMILES string of the molecule is COc1ccc(/C=C2/NC(=S)N(C3CCCCC3)C2=O)cc1Cn1cc([N+](=O)[O-])cn1. The van der Waals surface area contributed by atoms with Crippen LogP contribution in [0.4, 0.5) is 5.69 Å². The summed E-state index contributed by atoms with van der Waals surface area (Å²) in [6, 6.07) is 5.69. The van der Waals surface area contributed by atoms with Crippen molar-refractivity contribution < 1.29 is 14.5 Å². The topological polar surface area (TPSA) is 103 Å². The molecule has 162 valence electrons. The maximum atomic E-state index is 13.0. The van der Waals surface area contributed by atoms with Gasteiger partial charge in [-0.3, -0.25) is 24.5 Å². The summed E-state index contributed by atoms with van der Waals surface area (Å²) in [5.74, 6) is 0.530. The van der Waals surface area contributed by atoms with E-state index < -0.39 is 4.92 Å². The summed E-state index contributed by atoms with van der Waals surface area (Å²) in [5, 5.41) is 18.5. The van der Waals surface area contributed by atoms with Gasteiger partial charge in [-0.15, -0.1) is 0 Å². The van der Waals surface area contributed by atoms with Crippen LogP contribution in [0.1, 0.15) is 43.2 Å². The molecule has 2 aliphatic rings. The summed E-state index contributed by atoms with van der Waals surface area (Å²) in [5.41, 5.74) is 1.95. The highest BCUT2D eigenvalue weighted by molar-refractivity contribution is 7.80. The highest BCUT2D eigenvalue weighted by atomic mass is 32.1. The summed E-state index contributed by atoms with van der Waals surface area (Å²) >= 11 is 5.43. The fraction of sp³-hybridized carbons (Fsp3) is 0.381. The minimum absolute atomic E-state index is 0.0747. The van der Waals surface area contributed by atoms with Crippen molar-refractivity contribution in [1.29, 1.82) is 0 Å². The minimum atomic E-state index is -0.486. The molecule has 1 aliphatic carbocycles. The number of carbonyl (C=O) groups excluding carboxylic acids is 1. The van der Waals surface area contributed by atoms with Gasteiger partial charge in [-0.05, 0) is 48.8 Å². The molecule has 2 fully saturated rings. The Morgan fingerprint density at radius 1 is 1.35 bits per heavy atom. The average molecular weight is 442 g/mol. The molecule has 9 nitrogen and oxygen atoms in total. The molecule has 0 bridgehead atoms. The van der Waals surface area contributed by atoms with Gasteiger partial charge in [-0.25, -0.2) is 0 Å². The fourth-order valence-electron chi connectivity index (χ4n) is 4.11. The summed E-state index contributed by atoms with van der Waals surface area (Å²) in [6.07, 6.45) is 9.73. The van der Waals surface area contributed by atoms with Crippen LogP contribution in [0.15, 0.2) is 36.3 Å². The maximum Gasteiger partial charge on any atom is 0.307 e. The number of hydrogen-bond acceptors (Lipinski definition) is 6. The quantitative estimate of drug-likeness (QED) is 0.318. The molecule has 0 unspecified atom stereocenters. The van der Waals surface area contributed by atoms with E-state index in [9.17, 15) is 14.9 Å². The Morgan fingerprint density at radius 2 is 2.13 bits per heavy atom. The molecule has 10 heteroatoms. The number of nitrogens with one attached hydrogen (secondary N) is 1. The summed E-state index contributed by atoms with van der Waals surface area (Å²) in [6.45, 7) is 0.294. The highest BCUT2D eigenvalue weighted by Gasteiger charge is 2.36. The second-order valence-electron chi connectivity index (χ2n) is 7.68. The number of amides is 1. The molecule has 2 heterocycles. The summed E-state index contributed by atoms with van der Waals surface area (Å²) < 4.78 is 6.90. The zero-order chi connectivity index (χ0) is 22.0. The van der Waals surface area contributed by atoms with Crippen molar-refractivity contribution >= 4 is 35.0 Å². The van der Waals surface area contributed by atoms with Crippen LogP contribution in [0.2, 0.25) is 0 Å². The molecule has 1 aliphatic heterocycles. The Morgan fingerprint density at radius 3 is 2.81 bits per heavy atom. The van der Waals surface area contributed by atoms with Crippen LogP contribution >= 0.6 is 12.2 Å². The molecule has 1 amide bonds. The monoisotopic (exact) mass is 441 g/mol. The zero-order valence-corrected chi connectivity index (χ0v) is 17.9. The molecular weight excluding hydrogens is 418 g/mol. The summed E-state index contributed by atoms with van der Waals surface area (Å²) in [7, 11) is 1.56. The fourth-order valence-corrected chi connectivity index (χ4v) is 4.45. The largest absolute Gasteiger partial charge is 0.496 e. The molecule has 1 saturated carbocycles. The van der Waals surface area contributed by atoms with E-state index in [2.05, 4.69) is 10.4 Å². The van der Waals surface area contributed by atoms with Crippen LogP contribution in [-0.2, 0) is 11.3 Å². The number of methoxy groups -OCH3 is 1. The third-order valence-corrected chi connectivity index (χ3v) is 5.93. The molecule has 4 rings (SSSR count). The molecule has 31 heavy (non-hydrogen) atoms. The van der Waals surface area contributed by atoms with Crippen LogP contribution in [0.5, 0.6) is 5.75 Å². The number of nitro groups is 1. The van der Waals surface area contributed by atoms with Gasteiger partial charge in [0.2, 0.25) is 0 Å². The first-order chi connectivity index (χ1) is 15.0. The zero-order valence-electron chi connectivity index (χ0n) is 17.1. The summed E-state index contributed by atoms with van der Waals surface area (Å²) in [4.78, 5) is 25.1. The van der Waals surface area contributed by atoms with Crippen molar-refractivity contribution in [3.63, 3.8) is 0 Å². The minimum Gasteiger partial charge on any atom is -0.496 e. The number of carbonyl (C=O) groups is 1. The van der Waals surface area contributed by atoms with Gasteiger partial charge in [0.15, 0.2) is 5.11 Å². The van der Waals surface area contributed by atoms with Crippen molar-refractivity contribution in [3.8, 4) is 5.75 Å². The Balaban J connectivity index is 1.57. The molecule has 1 aromatic carbocycles. The lowest BCUT2D eigenvalue weighted by molar-refractivity contribution is -0.385. The lowest BCUT2D eigenvalue weighted by Crippen LogP contribution is -2.41. The Bertz CT molecular complexity index is 1060. The molecule has 1 N–H and O–H groups in total. The van der Waals surface area contributed by atoms with Crippen LogP contribution < -0.4 is 10.1 Å². The number of aromatic nitrogens is 2. The predicted molar refractivity (Wildman–Crippen MR) is 118 cm³/mol. The van der Waals surface area contributed by atoms with E-state index in [1.54, 1.807) is 24.2 Å². The Labute approximate surface area is 184 Å². The van der Waals surface area contributed by atoms with Gasteiger partial charge >= 0.3 is 5.69 Å². The molecule has 0 radical (unpaired) electrons. The Hall–Kier alpha value is -3.27. The van der Waals surface area contributed by atoms with E-state index in [-0.39, 0.29) is 17.6 Å². The molecule has 2 aromatic rings. The van der Waals surface area contributed by atoms with E-state index in [1.165, 1.54) is 23.5 Å².